The van der Waals surface area contributed by atoms with E-state index in [-0.39, 0.29) is 5.91 Å². The number of fused-ring (bicyclic) bond motifs is 1. The summed E-state index contributed by atoms with van der Waals surface area (Å²) in [6, 6.07) is 18.2. The lowest BCUT2D eigenvalue weighted by molar-refractivity contribution is 0.0783. The standard InChI is InChI=1S/C25H26N6O/c1-30(2)20-11-12-31(16-20)25(32)17-7-9-19(10-8-17)27-24-15-26-14-23(29-24)22-13-18-5-3-4-6-21(18)28-22/h3-10,13-15,20,28H,11-12,16H2,1-2H3,(H,27,29)/t20-/m0/s1. The number of nitrogens with one attached hydrogen (secondary N) is 2. The molecule has 2 aromatic carbocycles. The summed E-state index contributed by atoms with van der Waals surface area (Å²) in [7, 11) is 4.13. The van der Waals surface area contributed by atoms with Crippen LogP contribution in [0.5, 0.6) is 0 Å². The Balaban J connectivity index is 1.29. The molecule has 1 fully saturated rings. The van der Waals surface area contributed by atoms with Gasteiger partial charge in [-0.2, -0.15) is 0 Å². The fourth-order valence-electron chi connectivity index (χ4n) is 4.14. The molecule has 2 aromatic heterocycles. The molecule has 0 spiro atoms. The van der Waals surface area contributed by atoms with E-state index in [2.05, 4.69) is 46.4 Å². The van der Waals surface area contributed by atoms with E-state index >= 15 is 0 Å². The molecule has 1 aliphatic rings. The van der Waals surface area contributed by atoms with Crippen LogP contribution in [0.15, 0.2) is 67.0 Å². The van der Waals surface area contributed by atoms with Crippen molar-refractivity contribution in [2.24, 2.45) is 0 Å². The molecule has 1 amide bonds. The van der Waals surface area contributed by atoms with Crippen molar-refractivity contribution in [2.45, 2.75) is 12.5 Å². The highest BCUT2D eigenvalue weighted by Gasteiger charge is 2.27. The van der Waals surface area contributed by atoms with Gasteiger partial charge in [0.25, 0.3) is 5.91 Å². The summed E-state index contributed by atoms with van der Waals surface area (Å²) in [5, 5.41) is 4.42. The van der Waals surface area contributed by atoms with Crippen LogP contribution in [0.2, 0.25) is 0 Å². The molecule has 1 saturated heterocycles. The second-order valence-electron chi connectivity index (χ2n) is 8.42. The molecule has 162 valence electrons. The third-order valence-electron chi connectivity index (χ3n) is 6.03. The summed E-state index contributed by atoms with van der Waals surface area (Å²) < 4.78 is 0. The number of H-pyrrole nitrogens is 1. The lowest BCUT2D eigenvalue weighted by atomic mass is 10.2. The maximum absolute atomic E-state index is 12.8. The van der Waals surface area contributed by atoms with Crippen molar-refractivity contribution in [3.05, 3.63) is 72.6 Å². The minimum atomic E-state index is 0.0847. The second kappa shape index (κ2) is 8.43. The molecule has 0 saturated carbocycles. The molecule has 1 atom stereocenters. The third-order valence-corrected chi connectivity index (χ3v) is 6.03. The number of likely N-dealkylation sites (tertiary alicyclic amines) is 1. The molecule has 3 heterocycles. The van der Waals surface area contributed by atoms with E-state index in [1.54, 1.807) is 12.4 Å². The predicted octanol–water partition coefficient (Wildman–Crippen LogP) is 4.14. The zero-order chi connectivity index (χ0) is 22.1. The summed E-state index contributed by atoms with van der Waals surface area (Å²) in [5.74, 6) is 0.732. The van der Waals surface area contributed by atoms with Crippen LogP contribution in [-0.2, 0) is 0 Å². The van der Waals surface area contributed by atoms with Gasteiger partial charge in [0.2, 0.25) is 0 Å². The average Bonchev–Trinajstić information content (AvgIpc) is 3.47. The van der Waals surface area contributed by atoms with Gasteiger partial charge < -0.3 is 20.1 Å². The number of carbonyl (C=O) groups is 1. The lowest BCUT2D eigenvalue weighted by Crippen LogP contribution is -2.34. The molecule has 5 rings (SSSR count). The van der Waals surface area contributed by atoms with Gasteiger partial charge in [0.05, 0.1) is 18.1 Å². The first-order chi connectivity index (χ1) is 15.6. The van der Waals surface area contributed by atoms with E-state index in [4.69, 9.17) is 4.98 Å². The summed E-state index contributed by atoms with van der Waals surface area (Å²) in [6.45, 7) is 1.58. The van der Waals surface area contributed by atoms with Crippen molar-refractivity contribution in [2.75, 3.05) is 32.5 Å². The van der Waals surface area contributed by atoms with E-state index in [0.717, 1.165) is 47.5 Å². The number of para-hydroxylation sites is 1. The number of aromatic nitrogens is 3. The van der Waals surface area contributed by atoms with Crippen molar-refractivity contribution in [3.8, 4) is 11.4 Å². The zero-order valence-electron chi connectivity index (χ0n) is 18.2. The monoisotopic (exact) mass is 426 g/mol. The van der Waals surface area contributed by atoms with Gasteiger partial charge in [-0.05, 0) is 56.9 Å². The van der Waals surface area contributed by atoms with Gasteiger partial charge in [-0.25, -0.2) is 4.98 Å². The minimum absolute atomic E-state index is 0.0847. The molecule has 7 heteroatoms. The quantitative estimate of drug-likeness (QED) is 0.501. The minimum Gasteiger partial charge on any atom is -0.353 e. The van der Waals surface area contributed by atoms with E-state index in [9.17, 15) is 4.79 Å². The molecule has 4 aromatic rings. The number of hydrogen-bond acceptors (Lipinski definition) is 5. The molecular formula is C25H26N6O. The van der Waals surface area contributed by atoms with Crippen molar-refractivity contribution in [1.82, 2.24) is 24.8 Å². The first-order valence-corrected chi connectivity index (χ1v) is 10.8. The molecular weight excluding hydrogens is 400 g/mol. The van der Waals surface area contributed by atoms with Crippen LogP contribution in [-0.4, -0.2) is 63.9 Å². The SMILES string of the molecule is CN(C)[C@H]1CCN(C(=O)c2ccc(Nc3cncc(-c4cc5ccccc5[nH]4)n3)cc2)C1. The van der Waals surface area contributed by atoms with Crippen molar-refractivity contribution >= 4 is 28.3 Å². The van der Waals surface area contributed by atoms with E-state index in [1.165, 1.54) is 0 Å². The van der Waals surface area contributed by atoms with E-state index in [0.29, 0.717) is 17.4 Å². The van der Waals surface area contributed by atoms with Crippen molar-refractivity contribution in [1.29, 1.82) is 0 Å². The number of rotatable bonds is 5. The fraction of sp³-hybridized carbons (Fsp3) is 0.240. The van der Waals surface area contributed by atoms with Gasteiger partial charge in [-0.15, -0.1) is 0 Å². The maximum atomic E-state index is 12.8. The van der Waals surface area contributed by atoms with Crippen molar-refractivity contribution < 1.29 is 4.79 Å². The van der Waals surface area contributed by atoms with Crippen LogP contribution in [0.4, 0.5) is 11.5 Å². The lowest BCUT2D eigenvalue weighted by Gasteiger charge is -2.20. The molecule has 2 N–H and O–H groups in total. The Bertz CT molecular complexity index is 1210. The summed E-state index contributed by atoms with van der Waals surface area (Å²) in [6.07, 6.45) is 4.45. The number of amides is 1. The Morgan fingerprint density at radius 1 is 1.12 bits per heavy atom. The molecule has 7 nitrogen and oxygen atoms in total. The molecule has 32 heavy (non-hydrogen) atoms. The first kappa shape index (κ1) is 20.2. The van der Waals surface area contributed by atoms with Crippen LogP contribution in [0, 0.1) is 0 Å². The highest BCUT2D eigenvalue weighted by molar-refractivity contribution is 5.95. The summed E-state index contributed by atoms with van der Waals surface area (Å²) in [5.41, 5.74) is 4.32. The zero-order valence-corrected chi connectivity index (χ0v) is 18.2. The Morgan fingerprint density at radius 3 is 2.69 bits per heavy atom. The number of anilines is 2. The fourth-order valence-corrected chi connectivity index (χ4v) is 4.14. The van der Waals surface area contributed by atoms with Crippen LogP contribution >= 0.6 is 0 Å². The number of aromatic amines is 1. The number of nitrogens with zero attached hydrogens (tertiary/aromatic N) is 4. The van der Waals surface area contributed by atoms with Gasteiger partial charge in [0.1, 0.15) is 11.5 Å². The Labute approximate surface area is 187 Å². The number of hydrogen-bond donors (Lipinski definition) is 2. The normalized spacial score (nSPS) is 16.1. The van der Waals surface area contributed by atoms with Gasteiger partial charge in [-0.3, -0.25) is 9.78 Å². The van der Waals surface area contributed by atoms with Crippen LogP contribution in [0.1, 0.15) is 16.8 Å². The summed E-state index contributed by atoms with van der Waals surface area (Å²) in [4.78, 5) is 29.4. The predicted molar refractivity (Wildman–Crippen MR) is 127 cm³/mol. The molecule has 0 unspecified atom stereocenters. The maximum Gasteiger partial charge on any atom is 0.253 e. The van der Waals surface area contributed by atoms with Gasteiger partial charge in [0, 0.05) is 41.3 Å². The van der Waals surface area contributed by atoms with Crippen LogP contribution in [0.25, 0.3) is 22.3 Å². The Hall–Kier alpha value is -3.71. The van der Waals surface area contributed by atoms with E-state index in [1.807, 2.05) is 47.4 Å². The number of benzene rings is 2. The molecule has 0 bridgehead atoms. The topological polar surface area (TPSA) is 77.1 Å². The second-order valence-corrected chi connectivity index (χ2v) is 8.42. The third kappa shape index (κ3) is 4.07. The number of carbonyl (C=O) groups excluding carboxylic acids is 1. The van der Waals surface area contributed by atoms with Gasteiger partial charge >= 0.3 is 0 Å². The van der Waals surface area contributed by atoms with Crippen molar-refractivity contribution in [3.63, 3.8) is 0 Å². The highest BCUT2D eigenvalue weighted by atomic mass is 16.2. The Morgan fingerprint density at radius 2 is 1.94 bits per heavy atom. The Kier molecular flexibility index (Phi) is 5.33. The first-order valence-electron chi connectivity index (χ1n) is 10.8. The number of likely N-dealkylation sites (N-methyl/N-ethyl adjacent to an activating group) is 1. The van der Waals surface area contributed by atoms with Gasteiger partial charge in [-0.1, -0.05) is 18.2 Å². The van der Waals surface area contributed by atoms with Gasteiger partial charge in [0.15, 0.2) is 0 Å². The molecule has 1 aliphatic heterocycles. The van der Waals surface area contributed by atoms with Crippen LogP contribution < -0.4 is 5.32 Å². The average molecular weight is 427 g/mol. The highest BCUT2D eigenvalue weighted by Crippen LogP contribution is 2.24. The largest absolute Gasteiger partial charge is 0.353 e. The summed E-state index contributed by atoms with van der Waals surface area (Å²) >= 11 is 0. The van der Waals surface area contributed by atoms with E-state index < -0.39 is 0 Å². The molecule has 0 aliphatic carbocycles. The smallest absolute Gasteiger partial charge is 0.253 e. The molecule has 0 radical (unpaired) electrons. The van der Waals surface area contributed by atoms with Crippen LogP contribution in [0.3, 0.4) is 0 Å².